The minimum absolute atomic E-state index is 0.0288. The van der Waals surface area contributed by atoms with Gasteiger partial charge in [0.05, 0.1) is 4.92 Å². The van der Waals surface area contributed by atoms with E-state index in [9.17, 15) is 15.2 Å². The van der Waals surface area contributed by atoms with Crippen molar-refractivity contribution in [2.75, 3.05) is 6.61 Å². The van der Waals surface area contributed by atoms with Crippen LogP contribution in [-0.2, 0) is 13.0 Å². The van der Waals surface area contributed by atoms with Gasteiger partial charge in [-0.05, 0) is 48.7 Å². The Hall–Kier alpha value is -3.78. The summed E-state index contributed by atoms with van der Waals surface area (Å²) in [5.74, 6) is 0.544. The fourth-order valence-corrected chi connectivity index (χ4v) is 3.27. The Morgan fingerprint density at radius 1 is 1.07 bits per heavy atom. The highest BCUT2D eigenvalue weighted by Gasteiger charge is 2.16. The van der Waals surface area contributed by atoms with Gasteiger partial charge in [0.1, 0.15) is 29.1 Å². The average molecular weight is 404 g/mol. The average Bonchev–Trinajstić information content (AvgIpc) is 3.17. The lowest BCUT2D eigenvalue weighted by molar-refractivity contribution is -0.385. The molecule has 1 heterocycles. The van der Waals surface area contributed by atoms with E-state index in [2.05, 4.69) is 10.2 Å². The Bertz CT molecular complexity index is 1190. The van der Waals surface area contributed by atoms with Crippen LogP contribution < -0.4 is 4.74 Å². The Balaban J connectivity index is 1.69. The van der Waals surface area contributed by atoms with Crippen molar-refractivity contribution >= 4 is 16.7 Å². The number of aliphatic hydroxyl groups excluding tert-OH is 1. The third kappa shape index (κ3) is 3.85. The number of aromatic nitrogens is 3. The number of hydrogen-bond acceptors (Lipinski definition) is 6. The number of aliphatic hydroxyl groups is 1. The minimum Gasteiger partial charge on any atom is -0.487 e. The summed E-state index contributed by atoms with van der Waals surface area (Å²) in [5, 5.41) is 29.5. The van der Waals surface area contributed by atoms with Gasteiger partial charge in [0, 0.05) is 18.2 Å². The van der Waals surface area contributed by atoms with E-state index in [1.165, 1.54) is 10.9 Å². The van der Waals surface area contributed by atoms with Crippen LogP contribution in [-0.4, -0.2) is 31.6 Å². The van der Waals surface area contributed by atoms with Crippen molar-refractivity contribution in [1.82, 2.24) is 15.0 Å². The molecule has 0 atom stereocenters. The van der Waals surface area contributed by atoms with Crippen LogP contribution >= 0.6 is 0 Å². The zero-order chi connectivity index (χ0) is 21.1. The molecule has 0 fully saturated rings. The van der Waals surface area contributed by atoms with Crippen LogP contribution in [0.4, 0.5) is 5.69 Å². The highest BCUT2D eigenvalue weighted by molar-refractivity contribution is 5.73. The second kappa shape index (κ2) is 8.30. The van der Waals surface area contributed by atoms with Crippen molar-refractivity contribution < 1.29 is 14.8 Å². The van der Waals surface area contributed by atoms with E-state index in [-0.39, 0.29) is 18.9 Å². The highest BCUT2D eigenvalue weighted by atomic mass is 16.6. The van der Waals surface area contributed by atoms with Crippen LogP contribution in [0.3, 0.4) is 0 Å². The summed E-state index contributed by atoms with van der Waals surface area (Å²) in [7, 11) is 0. The molecule has 0 aliphatic rings. The van der Waals surface area contributed by atoms with Crippen molar-refractivity contribution in [1.29, 1.82) is 0 Å². The molecular formula is C22H20N4O4. The number of nitro groups is 1. The molecule has 0 aliphatic heterocycles. The molecule has 0 saturated heterocycles. The lowest BCUT2D eigenvalue weighted by Gasteiger charge is -2.13. The predicted molar refractivity (Wildman–Crippen MR) is 112 cm³/mol. The Morgan fingerprint density at radius 3 is 2.47 bits per heavy atom. The first-order valence-electron chi connectivity index (χ1n) is 9.49. The van der Waals surface area contributed by atoms with E-state index in [1.54, 1.807) is 19.1 Å². The van der Waals surface area contributed by atoms with Gasteiger partial charge in [0.25, 0.3) is 5.69 Å². The summed E-state index contributed by atoms with van der Waals surface area (Å²) >= 11 is 0. The fourth-order valence-electron chi connectivity index (χ4n) is 3.27. The van der Waals surface area contributed by atoms with Crippen molar-refractivity contribution in [2.24, 2.45) is 0 Å². The number of nitrogens with zero attached hydrogens (tertiary/aromatic N) is 4. The number of rotatable bonds is 7. The summed E-state index contributed by atoms with van der Waals surface area (Å²) in [4.78, 5) is 12.3. The normalized spacial score (nSPS) is 11.0. The summed E-state index contributed by atoms with van der Waals surface area (Å²) in [6.45, 7) is 1.91. The molecule has 0 amide bonds. The molecule has 0 spiro atoms. The van der Waals surface area contributed by atoms with Gasteiger partial charge in [-0.1, -0.05) is 30.3 Å². The third-order valence-electron chi connectivity index (χ3n) is 4.92. The Kier molecular flexibility index (Phi) is 5.40. The van der Waals surface area contributed by atoms with Crippen molar-refractivity contribution in [3.63, 3.8) is 0 Å². The summed E-state index contributed by atoms with van der Waals surface area (Å²) < 4.78 is 6.04. The molecule has 1 N–H and O–H groups in total. The first kappa shape index (κ1) is 19.5. The molecule has 3 aromatic carbocycles. The number of ether oxygens (including phenoxy) is 1. The van der Waals surface area contributed by atoms with Gasteiger partial charge in [0.2, 0.25) is 0 Å². The van der Waals surface area contributed by atoms with Crippen LogP contribution in [0, 0.1) is 17.0 Å². The molecule has 8 nitrogen and oxygen atoms in total. The van der Waals surface area contributed by atoms with Crippen molar-refractivity contribution in [2.45, 2.75) is 20.0 Å². The minimum atomic E-state index is -0.396. The number of hydrogen-bond donors (Lipinski definition) is 1. The summed E-state index contributed by atoms with van der Waals surface area (Å²) in [6, 6.07) is 18.0. The molecule has 0 unspecified atom stereocenters. The molecule has 0 saturated carbocycles. The lowest BCUT2D eigenvalue weighted by atomic mass is 10.1. The maximum absolute atomic E-state index is 11.2. The SMILES string of the molecule is Cc1c(COc2ccc(CCO)cc2-n2nc3ccccc3n2)cccc1[N+](=O)[O-]. The van der Waals surface area contributed by atoms with Crippen LogP contribution in [0.25, 0.3) is 16.7 Å². The van der Waals surface area contributed by atoms with Gasteiger partial charge in [-0.3, -0.25) is 10.1 Å². The molecule has 0 aliphatic carbocycles. The van der Waals surface area contributed by atoms with E-state index >= 15 is 0 Å². The standard InChI is InChI=1S/C22H20N4O4/c1-15-17(5-4-8-20(15)26(28)29)14-30-22-10-9-16(11-12-27)13-21(22)25-23-18-6-2-3-7-19(18)24-25/h2-10,13,27H,11-12,14H2,1H3. The largest absolute Gasteiger partial charge is 0.487 e. The second-order valence-electron chi connectivity index (χ2n) is 6.86. The molecule has 0 radical (unpaired) electrons. The fraction of sp³-hybridized carbons (Fsp3) is 0.182. The maximum atomic E-state index is 11.2. The molecule has 1 aromatic heterocycles. The molecular weight excluding hydrogens is 384 g/mol. The van der Waals surface area contributed by atoms with Gasteiger partial charge in [-0.2, -0.15) is 0 Å². The number of benzene rings is 3. The molecule has 152 valence electrons. The zero-order valence-corrected chi connectivity index (χ0v) is 16.4. The van der Waals surface area contributed by atoms with Gasteiger partial charge >= 0.3 is 0 Å². The van der Waals surface area contributed by atoms with Crippen molar-refractivity contribution in [3.8, 4) is 11.4 Å². The van der Waals surface area contributed by atoms with E-state index in [1.807, 2.05) is 42.5 Å². The molecule has 30 heavy (non-hydrogen) atoms. The van der Waals surface area contributed by atoms with E-state index < -0.39 is 4.92 Å². The van der Waals surface area contributed by atoms with Crippen LogP contribution in [0.5, 0.6) is 5.75 Å². The molecule has 4 rings (SSSR count). The van der Waals surface area contributed by atoms with Crippen LogP contribution in [0.1, 0.15) is 16.7 Å². The number of nitro benzene ring substituents is 1. The first-order chi connectivity index (χ1) is 14.6. The maximum Gasteiger partial charge on any atom is 0.272 e. The van der Waals surface area contributed by atoms with Gasteiger partial charge in [-0.15, -0.1) is 15.0 Å². The summed E-state index contributed by atoms with van der Waals surface area (Å²) in [5.41, 5.74) is 4.44. The zero-order valence-electron chi connectivity index (χ0n) is 16.4. The van der Waals surface area contributed by atoms with Gasteiger partial charge in [-0.25, -0.2) is 0 Å². The van der Waals surface area contributed by atoms with E-state index in [4.69, 9.17) is 4.74 Å². The Morgan fingerprint density at radius 2 is 1.80 bits per heavy atom. The van der Waals surface area contributed by atoms with Crippen LogP contribution in [0.15, 0.2) is 60.7 Å². The predicted octanol–water partition coefficient (Wildman–Crippen LogP) is 3.75. The third-order valence-corrected chi connectivity index (χ3v) is 4.92. The first-order valence-corrected chi connectivity index (χ1v) is 9.49. The second-order valence-corrected chi connectivity index (χ2v) is 6.86. The number of fused-ring (bicyclic) bond motifs is 1. The topological polar surface area (TPSA) is 103 Å². The quantitative estimate of drug-likeness (QED) is 0.372. The van der Waals surface area contributed by atoms with Crippen molar-refractivity contribution in [3.05, 3.63) is 87.5 Å². The molecule has 4 aromatic rings. The molecule has 8 heteroatoms. The van der Waals surface area contributed by atoms with E-state index in [0.29, 0.717) is 23.4 Å². The van der Waals surface area contributed by atoms with Crippen LogP contribution in [0.2, 0.25) is 0 Å². The summed E-state index contributed by atoms with van der Waals surface area (Å²) in [6.07, 6.45) is 0.498. The highest BCUT2D eigenvalue weighted by Crippen LogP contribution is 2.27. The van der Waals surface area contributed by atoms with Gasteiger partial charge < -0.3 is 9.84 Å². The molecule has 0 bridgehead atoms. The van der Waals surface area contributed by atoms with E-state index in [0.717, 1.165) is 22.2 Å². The smallest absolute Gasteiger partial charge is 0.272 e. The van der Waals surface area contributed by atoms with Gasteiger partial charge in [0.15, 0.2) is 0 Å². The monoisotopic (exact) mass is 404 g/mol. The Labute approximate surface area is 172 Å². The lowest BCUT2D eigenvalue weighted by Crippen LogP contribution is -2.06.